The molecule has 0 atom stereocenters. The molecule has 3 rings (SSSR count). The van der Waals surface area contributed by atoms with Gasteiger partial charge in [-0.25, -0.2) is 4.79 Å². The second-order valence-corrected chi connectivity index (χ2v) is 8.20. The number of nitrogens with one attached hydrogen (secondary N) is 4. The highest BCUT2D eigenvalue weighted by atomic mass is 35.5. The Morgan fingerprint density at radius 2 is 1.82 bits per heavy atom. The van der Waals surface area contributed by atoms with Crippen LogP contribution in [-0.2, 0) is 12.7 Å². The number of nitrogens with zero attached hydrogens (tertiary/aromatic N) is 1. The highest BCUT2D eigenvalue weighted by Crippen LogP contribution is 2.40. The molecule has 3 amide bonds. The van der Waals surface area contributed by atoms with Gasteiger partial charge in [0.2, 0.25) is 0 Å². The third-order valence-corrected chi connectivity index (χ3v) is 5.32. The number of alkyl halides is 3. The number of anilines is 1. The van der Waals surface area contributed by atoms with E-state index in [0.717, 1.165) is 12.1 Å². The molecule has 0 radical (unpaired) electrons. The predicted octanol–water partition coefficient (Wildman–Crippen LogP) is 4.83. The number of pyridine rings is 1. The second-order valence-electron chi connectivity index (χ2n) is 7.79. The van der Waals surface area contributed by atoms with Gasteiger partial charge in [-0.05, 0) is 36.9 Å². The van der Waals surface area contributed by atoms with Crippen molar-refractivity contribution >= 4 is 29.2 Å². The molecule has 0 fully saturated rings. The van der Waals surface area contributed by atoms with Crippen molar-refractivity contribution in [1.82, 2.24) is 20.9 Å². The number of halogens is 4. The third-order valence-electron chi connectivity index (χ3n) is 5.01. The lowest BCUT2D eigenvalue weighted by Crippen LogP contribution is -2.28. The summed E-state index contributed by atoms with van der Waals surface area (Å²) in [6.45, 7) is 0.608. The van der Waals surface area contributed by atoms with E-state index < -0.39 is 22.8 Å². The van der Waals surface area contributed by atoms with Crippen molar-refractivity contribution in [3.63, 3.8) is 0 Å². The molecule has 1 heterocycles. The first-order valence-corrected chi connectivity index (χ1v) is 11.7. The number of hydrogen-bond donors (Lipinski definition) is 4. The summed E-state index contributed by atoms with van der Waals surface area (Å²) in [7, 11) is 3.18. The van der Waals surface area contributed by atoms with Crippen LogP contribution in [0, 0.1) is 0 Å². The Morgan fingerprint density at radius 1 is 1.05 bits per heavy atom. The fourth-order valence-corrected chi connectivity index (χ4v) is 3.44. The van der Waals surface area contributed by atoms with E-state index in [9.17, 15) is 22.8 Å². The lowest BCUT2D eigenvalue weighted by molar-refractivity contribution is -0.137. The normalized spacial score (nSPS) is 11.0. The van der Waals surface area contributed by atoms with Gasteiger partial charge < -0.3 is 30.7 Å². The van der Waals surface area contributed by atoms with Crippen LogP contribution < -0.4 is 30.7 Å². The molecule has 0 aliphatic heterocycles. The number of carbonyl (C=O) groups is 2. The highest BCUT2D eigenvalue weighted by Gasteiger charge is 2.34. The van der Waals surface area contributed by atoms with E-state index in [1.807, 2.05) is 0 Å². The molecule has 0 bridgehead atoms. The summed E-state index contributed by atoms with van der Waals surface area (Å²) >= 11 is 5.80. The number of amides is 3. The Kier molecular flexibility index (Phi) is 9.74. The van der Waals surface area contributed by atoms with E-state index in [1.165, 1.54) is 19.3 Å². The van der Waals surface area contributed by atoms with Gasteiger partial charge in [0.25, 0.3) is 5.91 Å². The van der Waals surface area contributed by atoms with Gasteiger partial charge in [-0.3, -0.25) is 9.78 Å². The molecule has 0 spiro atoms. The second kappa shape index (κ2) is 13.0. The van der Waals surface area contributed by atoms with Crippen LogP contribution in [0.1, 0.15) is 21.6 Å². The summed E-state index contributed by atoms with van der Waals surface area (Å²) in [5.41, 5.74) is -0.450. The molecule has 0 saturated heterocycles. The quantitative estimate of drug-likeness (QED) is 0.269. The first kappa shape index (κ1) is 28.5. The summed E-state index contributed by atoms with van der Waals surface area (Å²) in [6.07, 6.45) is -3.28. The smallest absolute Gasteiger partial charge is 0.417 e. The number of rotatable bonds is 10. The molecule has 13 heteroatoms. The van der Waals surface area contributed by atoms with Gasteiger partial charge in [0.15, 0.2) is 0 Å². The lowest BCUT2D eigenvalue weighted by atomic mass is 10.1. The third kappa shape index (κ3) is 7.98. The van der Waals surface area contributed by atoms with Crippen molar-refractivity contribution in [3.05, 3.63) is 76.6 Å². The Balaban J connectivity index is 1.68. The minimum Gasteiger partial charge on any atom is -0.490 e. The lowest BCUT2D eigenvalue weighted by Gasteiger charge is -2.17. The molecule has 9 nitrogen and oxygen atoms in total. The molecule has 202 valence electrons. The van der Waals surface area contributed by atoms with Crippen LogP contribution in [0.4, 0.5) is 23.7 Å². The molecule has 0 aliphatic rings. The first-order chi connectivity index (χ1) is 18.1. The molecule has 4 N–H and O–H groups in total. The van der Waals surface area contributed by atoms with Gasteiger partial charge in [0.1, 0.15) is 29.5 Å². The molecule has 3 aromatic rings. The largest absolute Gasteiger partial charge is 0.490 e. The predicted molar refractivity (Wildman–Crippen MR) is 136 cm³/mol. The van der Waals surface area contributed by atoms with Crippen LogP contribution in [-0.4, -0.2) is 44.2 Å². The molecule has 0 unspecified atom stereocenters. The Labute approximate surface area is 221 Å². The summed E-state index contributed by atoms with van der Waals surface area (Å²) in [4.78, 5) is 28.3. The highest BCUT2D eigenvalue weighted by molar-refractivity contribution is 6.31. The van der Waals surface area contributed by atoms with Gasteiger partial charge in [0, 0.05) is 38.5 Å². The fourth-order valence-electron chi connectivity index (χ4n) is 3.18. The standard InChI is InChI=1S/C25H25ClF3N5O4/c1-30-8-9-37-22-13-19(26)18(25(27,28)29)12-20(22)34-24(36)33-14-15-4-3-5-16(10-15)38-17-6-7-32-21(11-17)23(35)31-2/h3-7,10-13,30H,8-9,14H2,1-2H3,(H,31,35)(H2,33,34,36). The van der Waals surface area contributed by atoms with Crippen LogP contribution in [0.2, 0.25) is 5.02 Å². The molecular weight excluding hydrogens is 527 g/mol. The maximum Gasteiger partial charge on any atom is 0.417 e. The van der Waals surface area contributed by atoms with Gasteiger partial charge in [0.05, 0.1) is 16.3 Å². The van der Waals surface area contributed by atoms with Gasteiger partial charge in [-0.1, -0.05) is 23.7 Å². The summed E-state index contributed by atoms with van der Waals surface area (Å²) in [6, 6.07) is 10.8. The van der Waals surface area contributed by atoms with Crippen LogP contribution in [0.5, 0.6) is 17.2 Å². The van der Waals surface area contributed by atoms with E-state index in [2.05, 4.69) is 26.3 Å². The molecule has 1 aromatic heterocycles. The fraction of sp³-hybridized carbons (Fsp3) is 0.240. The monoisotopic (exact) mass is 551 g/mol. The molecule has 0 aliphatic carbocycles. The summed E-state index contributed by atoms with van der Waals surface area (Å²) in [5.74, 6) is 0.456. The number of carbonyl (C=O) groups excluding carboxylic acids is 2. The zero-order valence-corrected chi connectivity index (χ0v) is 21.2. The van der Waals surface area contributed by atoms with E-state index in [0.29, 0.717) is 23.6 Å². The minimum absolute atomic E-state index is 0.00253. The van der Waals surface area contributed by atoms with Crippen LogP contribution in [0.25, 0.3) is 0 Å². The van der Waals surface area contributed by atoms with Crippen LogP contribution >= 0.6 is 11.6 Å². The molecular formula is C25H25ClF3N5O4. The number of ether oxygens (including phenoxy) is 2. The average Bonchev–Trinajstić information content (AvgIpc) is 2.88. The maximum absolute atomic E-state index is 13.3. The number of aromatic nitrogens is 1. The molecule has 38 heavy (non-hydrogen) atoms. The van der Waals surface area contributed by atoms with Crippen molar-refractivity contribution in [1.29, 1.82) is 0 Å². The average molecular weight is 552 g/mol. The van der Waals surface area contributed by atoms with Crippen molar-refractivity contribution in [2.45, 2.75) is 12.7 Å². The van der Waals surface area contributed by atoms with Crippen LogP contribution in [0.3, 0.4) is 0 Å². The van der Waals surface area contributed by atoms with Crippen molar-refractivity contribution in [2.24, 2.45) is 0 Å². The van der Waals surface area contributed by atoms with Crippen LogP contribution in [0.15, 0.2) is 54.7 Å². The van der Waals surface area contributed by atoms with E-state index >= 15 is 0 Å². The van der Waals surface area contributed by atoms with Gasteiger partial charge in [-0.15, -0.1) is 0 Å². The Bertz CT molecular complexity index is 1290. The van der Waals surface area contributed by atoms with Gasteiger partial charge in [-0.2, -0.15) is 13.2 Å². The van der Waals surface area contributed by atoms with Crippen molar-refractivity contribution in [2.75, 3.05) is 32.6 Å². The van der Waals surface area contributed by atoms with E-state index in [-0.39, 0.29) is 36.2 Å². The minimum atomic E-state index is -4.72. The number of urea groups is 1. The van der Waals surface area contributed by atoms with Crippen molar-refractivity contribution < 1.29 is 32.2 Å². The van der Waals surface area contributed by atoms with Gasteiger partial charge >= 0.3 is 12.2 Å². The zero-order valence-electron chi connectivity index (χ0n) is 20.4. The maximum atomic E-state index is 13.3. The Morgan fingerprint density at radius 3 is 2.53 bits per heavy atom. The van der Waals surface area contributed by atoms with Crippen molar-refractivity contribution in [3.8, 4) is 17.2 Å². The molecule has 0 saturated carbocycles. The zero-order chi connectivity index (χ0) is 27.7. The topological polar surface area (TPSA) is 114 Å². The Hall–Kier alpha value is -4.03. The number of benzene rings is 2. The summed E-state index contributed by atoms with van der Waals surface area (Å²) in [5, 5.41) is 9.76. The molecule has 2 aromatic carbocycles. The SMILES string of the molecule is CNCCOc1cc(Cl)c(C(F)(F)F)cc1NC(=O)NCc1cccc(Oc2ccnc(C(=O)NC)c2)c1. The number of hydrogen-bond acceptors (Lipinski definition) is 6. The van der Waals surface area contributed by atoms with E-state index in [4.69, 9.17) is 21.1 Å². The first-order valence-electron chi connectivity index (χ1n) is 11.3. The van der Waals surface area contributed by atoms with E-state index in [1.54, 1.807) is 37.4 Å². The number of likely N-dealkylation sites (N-methyl/N-ethyl adjacent to an activating group) is 1. The summed E-state index contributed by atoms with van der Waals surface area (Å²) < 4.78 is 51.3.